The number of hydrogen-bond acceptors (Lipinski definition) is 5. The van der Waals surface area contributed by atoms with Gasteiger partial charge in [0.15, 0.2) is 0 Å². The predicted molar refractivity (Wildman–Crippen MR) is 120 cm³/mol. The maximum atomic E-state index is 11.7. The zero-order chi connectivity index (χ0) is 22.4. The summed E-state index contributed by atoms with van der Waals surface area (Å²) in [4.78, 5) is 9.53. The molecule has 0 heterocycles. The Kier molecular flexibility index (Phi) is 9.69. The van der Waals surface area contributed by atoms with Crippen molar-refractivity contribution in [3.05, 3.63) is 121 Å². The predicted octanol–water partition coefficient (Wildman–Crippen LogP) is 6.03. The molecule has 4 aromatic rings. The fourth-order valence-corrected chi connectivity index (χ4v) is 2.92. The van der Waals surface area contributed by atoms with E-state index in [0.717, 1.165) is 0 Å². The molecule has 0 aliphatic rings. The summed E-state index contributed by atoms with van der Waals surface area (Å²) < 4.78 is 21.5. The number of aromatic hydroxyl groups is 2. The van der Waals surface area contributed by atoms with Crippen molar-refractivity contribution in [3.63, 3.8) is 0 Å². The van der Waals surface area contributed by atoms with Crippen molar-refractivity contribution in [1.29, 1.82) is 0 Å². The standard InChI is InChI=1S/C12H11O4P.2C6H6O/c13-17(14,15-11-7-3-1-4-8-11)16-12-9-5-2-6-10-12;2*7-6-4-2-1-3-5-6/h1-10H,(H,13,14);2*1-5,7H. The highest BCUT2D eigenvalue weighted by Gasteiger charge is 2.24. The maximum absolute atomic E-state index is 11.7. The van der Waals surface area contributed by atoms with Gasteiger partial charge in [0.2, 0.25) is 0 Å². The molecule has 0 saturated heterocycles. The molecule has 31 heavy (non-hydrogen) atoms. The summed E-state index contributed by atoms with van der Waals surface area (Å²) >= 11 is 0. The van der Waals surface area contributed by atoms with Crippen LogP contribution in [0.3, 0.4) is 0 Å². The van der Waals surface area contributed by atoms with E-state index in [2.05, 4.69) is 0 Å². The molecule has 0 bridgehead atoms. The first kappa shape index (κ1) is 23.5. The quantitative estimate of drug-likeness (QED) is 0.337. The van der Waals surface area contributed by atoms with Crippen molar-refractivity contribution in [2.24, 2.45) is 0 Å². The lowest BCUT2D eigenvalue weighted by Gasteiger charge is -2.13. The monoisotopic (exact) mass is 438 g/mol. The minimum absolute atomic E-state index is 0.286. The molecular weight excluding hydrogens is 415 g/mol. The van der Waals surface area contributed by atoms with Gasteiger partial charge in [0, 0.05) is 0 Å². The topological polar surface area (TPSA) is 96.2 Å². The molecule has 0 saturated carbocycles. The molecule has 160 valence electrons. The number of benzene rings is 4. The van der Waals surface area contributed by atoms with E-state index in [4.69, 9.17) is 19.3 Å². The molecular formula is C24H23O6P. The number of phosphoric ester groups is 1. The number of rotatable bonds is 4. The molecule has 7 heteroatoms. The number of phenols is 2. The van der Waals surface area contributed by atoms with Gasteiger partial charge in [0.05, 0.1) is 0 Å². The van der Waals surface area contributed by atoms with Crippen LogP contribution in [-0.2, 0) is 4.57 Å². The second-order valence-corrected chi connectivity index (χ2v) is 7.25. The molecule has 0 fully saturated rings. The van der Waals surface area contributed by atoms with Gasteiger partial charge in [-0.3, -0.25) is 4.89 Å². The van der Waals surface area contributed by atoms with Crippen molar-refractivity contribution in [1.82, 2.24) is 0 Å². The fourth-order valence-electron chi connectivity index (χ4n) is 2.10. The molecule has 3 N–H and O–H groups in total. The van der Waals surface area contributed by atoms with Gasteiger partial charge in [0.1, 0.15) is 23.0 Å². The number of phosphoric acid groups is 1. The summed E-state index contributed by atoms with van der Waals surface area (Å²) in [5, 5.41) is 17.3. The van der Waals surface area contributed by atoms with Crippen LogP contribution in [0.15, 0.2) is 121 Å². The van der Waals surface area contributed by atoms with Gasteiger partial charge in [-0.1, -0.05) is 72.8 Å². The van der Waals surface area contributed by atoms with Gasteiger partial charge in [-0.05, 0) is 48.5 Å². The van der Waals surface area contributed by atoms with E-state index in [1.165, 1.54) is 0 Å². The van der Waals surface area contributed by atoms with Crippen molar-refractivity contribution < 1.29 is 28.7 Å². The van der Waals surface area contributed by atoms with Gasteiger partial charge >= 0.3 is 7.82 Å². The first-order valence-corrected chi connectivity index (χ1v) is 10.7. The fraction of sp³-hybridized carbons (Fsp3) is 0. The highest BCUT2D eigenvalue weighted by molar-refractivity contribution is 7.48. The van der Waals surface area contributed by atoms with E-state index in [1.807, 2.05) is 12.1 Å². The zero-order valence-electron chi connectivity index (χ0n) is 16.6. The molecule has 0 aliphatic carbocycles. The van der Waals surface area contributed by atoms with E-state index in [9.17, 15) is 9.46 Å². The normalized spacial score (nSPS) is 9.84. The Hall–Kier alpha value is -3.73. The third kappa shape index (κ3) is 10.6. The summed E-state index contributed by atoms with van der Waals surface area (Å²) in [6.07, 6.45) is 0. The summed E-state index contributed by atoms with van der Waals surface area (Å²) in [5.41, 5.74) is 0. The van der Waals surface area contributed by atoms with E-state index in [0.29, 0.717) is 11.5 Å². The highest BCUT2D eigenvalue weighted by Crippen LogP contribution is 2.44. The molecule has 0 radical (unpaired) electrons. The van der Waals surface area contributed by atoms with Crippen LogP contribution in [0.2, 0.25) is 0 Å². The first-order valence-electron chi connectivity index (χ1n) is 9.25. The Morgan fingerprint density at radius 1 is 0.484 bits per heavy atom. The Bertz CT molecular complexity index is 946. The van der Waals surface area contributed by atoms with Gasteiger partial charge in [0.25, 0.3) is 0 Å². The summed E-state index contributed by atoms with van der Waals surface area (Å²) in [6.45, 7) is 0. The van der Waals surface area contributed by atoms with E-state index < -0.39 is 7.82 Å². The number of hydrogen-bond donors (Lipinski definition) is 3. The van der Waals surface area contributed by atoms with Crippen LogP contribution in [0.25, 0.3) is 0 Å². The second-order valence-electron chi connectivity index (χ2n) is 5.95. The van der Waals surface area contributed by atoms with Gasteiger partial charge in [-0.15, -0.1) is 0 Å². The van der Waals surface area contributed by atoms with E-state index >= 15 is 0 Å². The van der Waals surface area contributed by atoms with Gasteiger partial charge in [-0.25, -0.2) is 4.57 Å². The molecule has 0 amide bonds. The molecule has 4 rings (SSSR count). The van der Waals surface area contributed by atoms with Crippen molar-refractivity contribution in [2.45, 2.75) is 0 Å². The van der Waals surface area contributed by atoms with Crippen LogP contribution in [0.4, 0.5) is 0 Å². The smallest absolute Gasteiger partial charge is 0.508 e. The summed E-state index contributed by atoms with van der Waals surface area (Å²) in [6, 6.07) is 34.1. The van der Waals surface area contributed by atoms with Crippen molar-refractivity contribution >= 4 is 7.82 Å². The minimum atomic E-state index is -4.14. The van der Waals surface area contributed by atoms with Crippen LogP contribution in [0, 0.1) is 0 Å². The lowest BCUT2D eigenvalue weighted by molar-refractivity contribution is 0.291. The molecule has 0 aromatic heterocycles. The summed E-state index contributed by atoms with van der Waals surface area (Å²) in [5.74, 6) is 1.22. The van der Waals surface area contributed by atoms with Crippen LogP contribution in [-0.4, -0.2) is 15.1 Å². The third-order valence-corrected chi connectivity index (χ3v) is 4.32. The lowest BCUT2D eigenvalue weighted by atomic mass is 10.3. The van der Waals surface area contributed by atoms with Crippen LogP contribution < -0.4 is 9.05 Å². The van der Waals surface area contributed by atoms with E-state index in [1.54, 1.807) is 109 Å². The highest BCUT2D eigenvalue weighted by atomic mass is 31.2. The van der Waals surface area contributed by atoms with Crippen LogP contribution >= 0.6 is 7.82 Å². The average molecular weight is 438 g/mol. The molecule has 0 atom stereocenters. The number of phenolic OH excluding ortho intramolecular Hbond substituents is 2. The third-order valence-electron chi connectivity index (χ3n) is 3.44. The SMILES string of the molecule is O=P(O)(Oc1ccccc1)Oc1ccccc1.Oc1ccccc1.Oc1ccccc1. The second kappa shape index (κ2) is 12.8. The summed E-state index contributed by atoms with van der Waals surface area (Å²) in [7, 11) is -4.14. The Morgan fingerprint density at radius 2 is 0.742 bits per heavy atom. The maximum Gasteiger partial charge on any atom is 0.584 e. The Labute approximate surface area is 181 Å². The zero-order valence-corrected chi connectivity index (χ0v) is 17.5. The minimum Gasteiger partial charge on any atom is -0.508 e. The average Bonchev–Trinajstić information content (AvgIpc) is 2.76. The Morgan fingerprint density at radius 3 is 0.968 bits per heavy atom. The molecule has 0 unspecified atom stereocenters. The lowest BCUT2D eigenvalue weighted by Crippen LogP contribution is -1.99. The number of para-hydroxylation sites is 4. The van der Waals surface area contributed by atoms with Crippen LogP contribution in [0.5, 0.6) is 23.0 Å². The molecule has 4 aromatic carbocycles. The van der Waals surface area contributed by atoms with Crippen LogP contribution in [0.1, 0.15) is 0 Å². The molecule has 0 spiro atoms. The van der Waals surface area contributed by atoms with Crippen molar-refractivity contribution in [3.8, 4) is 23.0 Å². The Balaban J connectivity index is 0.000000199. The largest absolute Gasteiger partial charge is 0.584 e. The first-order chi connectivity index (χ1) is 14.9. The van der Waals surface area contributed by atoms with Gasteiger partial charge < -0.3 is 19.3 Å². The van der Waals surface area contributed by atoms with Crippen molar-refractivity contribution in [2.75, 3.05) is 0 Å². The molecule has 6 nitrogen and oxygen atoms in total. The van der Waals surface area contributed by atoms with Gasteiger partial charge in [-0.2, -0.15) is 0 Å². The van der Waals surface area contributed by atoms with E-state index in [-0.39, 0.29) is 11.5 Å². The molecule has 0 aliphatic heterocycles.